The molecule has 5 nitrogen and oxygen atoms in total. The summed E-state index contributed by atoms with van der Waals surface area (Å²) in [5.41, 5.74) is 4.15. The maximum Gasteiger partial charge on any atom is 0.312 e. The Labute approximate surface area is 90.6 Å². The van der Waals surface area contributed by atoms with Gasteiger partial charge in [0, 0.05) is 9.64 Å². The largest absolute Gasteiger partial charge is 0.378 e. The molecule has 2 N–H and O–H groups in total. The van der Waals surface area contributed by atoms with Crippen LogP contribution in [0.15, 0.2) is 6.07 Å². The second-order valence-electron chi connectivity index (χ2n) is 2.32. The van der Waals surface area contributed by atoms with Gasteiger partial charge in [-0.3, -0.25) is 10.1 Å². The molecule has 0 spiro atoms. The van der Waals surface area contributed by atoms with Crippen molar-refractivity contribution < 1.29 is 13.7 Å². The van der Waals surface area contributed by atoms with Gasteiger partial charge in [-0.25, -0.2) is 13.8 Å². The predicted octanol–water partition coefficient (Wildman–Crippen LogP) is 2.11. The number of halogens is 3. The third-order valence-corrected chi connectivity index (χ3v) is 2.28. The minimum atomic E-state index is -2.79. The molecule has 0 aliphatic rings. The van der Waals surface area contributed by atoms with Gasteiger partial charge in [0.15, 0.2) is 0 Å². The highest BCUT2D eigenvalue weighted by Gasteiger charge is 2.21. The van der Waals surface area contributed by atoms with E-state index in [0.29, 0.717) is 0 Å². The van der Waals surface area contributed by atoms with Gasteiger partial charge in [-0.1, -0.05) is 0 Å². The summed E-state index contributed by atoms with van der Waals surface area (Å²) in [4.78, 5) is 12.9. The Bertz CT molecular complexity index is 386. The quantitative estimate of drug-likeness (QED) is 0.515. The number of aromatic nitrogens is 1. The van der Waals surface area contributed by atoms with Gasteiger partial charge in [-0.15, -0.1) is 0 Å². The first-order chi connectivity index (χ1) is 6.43. The molecule has 1 aromatic heterocycles. The van der Waals surface area contributed by atoms with E-state index >= 15 is 0 Å². The molecule has 0 atom stereocenters. The lowest BCUT2D eigenvalue weighted by atomic mass is 10.3. The molecule has 1 heterocycles. The Morgan fingerprint density at radius 2 is 2.21 bits per heavy atom. The van der Waals surface area contributed by atoms with E-state index in [2.05, 4.69) is 4.98 Å². The second kappa shape index (κ2) is 3.98. The van der Waals surface area contributed by atoms with Crippen LogP contribution in [-0.2, 0) is 0 Å². The van der Waals surface area contributed by atoms with Crippen molar-refractivity contribution in [3.05, 3.63) is 25.4 Å². The van der Waals surface area contributed by atoms with Gasteiger partial charge in [0.1, 0.15) is 5.69 Å². The maximum absolute atomic E-state index is 12.2. The molecule has 0 aromatic carbocycles. The zero-order valence-electron chi connectivity index (χ0n) is 6.58. The van der Waals surface area contributed by atoms with Gasteiger partial charge in [0.25, 0.3) is 6.43 Å². The van der Waals surface area contributed by atoms with Crippen LogP contribution in [0.4, 0.5) is 20.3 Å². The van der Waals surface area contributed by atoms with Crippen LogP contribution in [0.25, 0.3) is 0 Å². The first-order valence-corrected chi connectivity index (χ1v) is 4.39. The molecule has 0 amide bonds. The lowest BCUT2D eigenvalue weighted by Crippen LogP contribution is -2.04. The van der Waals surface area contributed by atoms with Crippen molar-refractivity contribution >= 4 is 34.1 Å². The Kier molecular flexibility index (Phi) is 3.13. The van der Waals surface area contributed by atoms with E-state index in [9.17, 15) is 18.9 Å². The van der Waals surface area contributed by atoms with Gasteiger partial charge in [-0.05, 0) is 22.6 Å². The Balaban J connectivity index is 3.31. The van der Waals surface area contributed by atoms with Crippen molar-refractivity contribution in [2.45, 2.75) is 6.43 Å². The monoisotopic (exact) mass is 315 g/mol. The van der Waals surface area contributed by atoms with E-state index in [0.717, 1.165) is 6.07 Å². The zero-order valence-corrected chi connectivity index (χ0v) is 8.73. The van der Waals surface area contributed by atoms with Gasteiger partial charge < -0.3 is 5.73 Å². The van der Waals surface area contributed by atoms with E-state index in [4.69, 9.17) is 5.73 Å². The minimum absolute atomic E-state index is 0.0264. The smallest absolute Gasteiger partial charge is 0.312 e. The number of nitrogens with two attached hydrogens (primary N) is 1. The predicted molar refractivity (Wildman–Crippen MR) is 53.0 cm³/mol. The highest BCUT2D eigenvalue weighted by Crippen LogP contribution is 2.29. The number of pyridine rings is 1. The van der Waals surface area contributed by atoms with Crippen molar-refractivity contribution in [3.8, 4) is 0 Å². The molecule has 76 valence electrons. The van der Waals surface area contributed by atoms with Crippen molar-refractivity contribution in [2.75, 3.05) is 5.73 Å². The van der Waals surface area contributed by atoms with Gasteiger partial charge in [0.2, 0.25) is 5.82 Å². The summed E-state index contributed by atoms with van der Waals surface area (Å²) in [6.07, 6.45) is -2.79. The highest BCUT2D eigenvalue weighted by molar-refractivity contribution is 14.1. The van der Waals surface area contributed by atoms with Crippen LogP contribution >= 0.6 is 22.6 Å². The lowest BCUT2D eigenvalue weighted by molar-refractivity contribution is -0.384. The number of nitro groups is 1. The third-order valence-electron chi connectivity index (χ3n) is 1.41. The summed E-state index contributed by atoms with van der Waals surface area (Å²) in [5, 5.41) is 10.3. The van der Waals surface area contributed by atoms with E-state index < -0.39 is 28.5 Å². The summed E-state index contributed by atoms with van der Waals surface area (Å²) in [5.74, 6) is -0.495. The molecular formula is C6H4F2IN3O2. The number of hydrogen-bond acceptors (Lipinski definition) is 4. The number of rotatable bonds is 2. The molecule has 0 aliphatic heterocycles. The van der Waals surface area contributed by atoms with Crippen LogP contribution in [-0.4, -0.2) is 9.91 Å². The van der Waals surface area contributed by atoms with E-state index in [1.165, 1.54) is 0 Å². The number of hydrogen-bond donors (Lipinski definition) is 1. The molecule has 0 aliphatic carbocycles. The summed E-state index contributed by atoms with van der Waals surface area (Å²) >= 11 is 1.55. The molecule has 1 rings (SSSR count). The van der Waals surface area contributed by atoms with E-state index in [1.807, 2.05) is 0 Å². The zero-order chi connectivity index (χ0) is 10.9. The standard InChI is InChI=1S/C6H4F2IN3O2/c7-5(8)4-2(9)1-3(12(13)14)6(10)11-4/h1,5H,(H2,10,11). The molecule has 0 bridgehead atoms. The summed E-state index contributed by atoms with van der Waals surface area (Å²) in [7, 11) is 0. The molecule has 14 heavy (non-hydrogen) atoms. The molecule has 0 saturated carbocycles. The highest BCUT2D eigenvalue weighted by atomic mass is 127. The fourth-order valence-corrected chi connectivity index (χ4v) is 1.46. The van der Waals surface area contributed by atoms with Gasteiger partial charge >= 0.3 is 5.69 Å². The Morgan fingerprint density at radius 1 is 1.64 bits per heavy atom. The average molecular weight is 315 g/mol. The molecule has 0 unspecified atom stereocenters. The van der Waals surface area contributed by atoms with Crippen LogP contribution < -0.4 is 5.73 Å². The SMILES string of the molecule is Nc1nc(C(F)F)c(I)cc1[N+](=O)[O-]. The van der Waals surface area contributed by atoms with Gasteiger partial charge in [-0.2, -0.15) is 0 Å². The molecule has 1 aromatic rings. The first-order valence-electron chi connectivity index (χ1n) is 3.32. The van der Waals surface area contributed by atoms with Crippen molar-refractivity contribution in [1.82, 2.24) is 4.98 Å². The normalized spacial score (nSPS) is 10.6. The number of nitrogen functional groups attached to an aromatic ring is 1. The van der Waals surface area contributed by atoms with Crippen molar-refractivity contribution in [2.24, 2.45) is 0 Å². The van der Waals surface area contributed by atoms with Gasteiger partial charge in [0.05, 0.1) is 4.92 Å². The minimum Gasteiger partial charge on any atom is -0.378 e. The number of alkyl halides is 2. The third kappa shape index (κ3) is 2.05. The lowest BCUT2D eigenvalue weighted by Gasteiger charge is -2.03. The van der Waals surface area contributed by atoms with Crippen molar-refractivity contribution in [1.29, 1.82) is 0 Å². The number of nitrogens with zero attached hydrogens (tertiary/aromatic N) is 2. The maximum atomic E-state index is 12.2. The fourth-order valence-electron chi connectivity index (χ4n) is 0.808. The summed E-state index contributed by atoms with van der Waals surface area (Å²) in [6, 6.07) is 0.977. The number of anilines is 1. The summed E-state index contributed by atoms with van der Waals surface area (Å²) < 4.78 is 24.5. The first kappa shape index (κ1) is 11.0. The van der Waals surface area contributed by atoms with Crippen LogP contribution in [0.1, 0.15) is 12.1 Å². The van der Waals surface area contributed by atoms with Crippen LogP contribution in [0.3, 0.4) is 0 Å². The van der Waals surface area contributed by atoms with Crippen LogP contribution in [0.2, 0.25) is 0 Å². The molecule has 8 heteroatoms. The van der Waals surface area contributed by atoms with Crippen LogP contribution in [0, 0.1) is 13.7 Å². The molecule has 0 fully saturated rings. The second-order valence-corrected chi connectivity index (χ2v) is 3.48. The topological polar surface area (TPSA) is 82.0 Å². The fraction of sp³-hybridized carbons (Fsp3) is 0.167. The Hall–Kier alpha value is -1.06. The molecule has 0 saturated heterocycles. The molecular weight excluding hydrogens is 311 g/mol. The van der Waals surface area contributed by atoms with Crippen LogP contribution in [0.5, 0.6) is 0 Å². The molecule has 0 radical (unpaired) electrons. The van der Waals surface area contributed by atoms with Crippen molar-refractivity contribution in [3.63, 3.8) is 0 Å². The van der Waals surface area contributed by atoms with E-state index in [-0.39, 0.29) is 3.57 Å². The average Bonchev–Trinajstić information content (AvgIpc) is 2.07. The summed E-state index contributed by atoms with van der Waals surface area (Å²) in [6.45, 7) is 0. The Morgan fingerprint density at radius 3 is 2.64 bits per heavy atom. The van der Waals surface area contributed by atoms with E-state index in [1.54, 1.807) is 22.6 Å².